The number of aliphatic hydroxyl groups excluding tert-OH is 1. The SMILES string of the molecule is CCCCC[C@H](O)[C@]1([Se]c2ccccc2)CCCC1=O. The molecule has 0 radical (unpaired) electrons. The van der Waals surface area contributed by atoms with Crippen molar-refractivity contribution >= 4 is 25.2 Å². The predicted molar refractivity (Wildman–Crippen MR) is 83.5 cm³/mol. The van der Waals surface area contributed by atoms with E-state index in [1.807, 2.05) is 18.2 Å². The van der Waals surface area contributed by atoms with Gasteiger partial charge in [-0.3, -0.25) is 0 Å². The molecule has 2 nitrogen and oxygen atoms in total. The number of unbranched alkanes of at least 4 members (excludes halogenated alkanes) is 2. The Kier molecular flexibility index (Phi) is 5.83. The molecule has 1 aromatic rings. The fourth-order valence-electron chi connectivity index (χ4n) is 2.91. The van der Waals surface area contributed by atoms with E-state index >= 15 is 0 Å². The fourth-order valence-corrected chi connectivity index (χ4v) is 5.91. The molecule has 0 heterocycles. The van der Waals surface area contributed by atoms with Gasteiger partial charge >= 0.3 is 128 Å². The molecular weight excluding hydrogens is 315 g/mol. The van der Waals surface area contributed by atoms with E-state index in [2.05, 4.69) is 19.1 Å². The summed E-state index contributed by atoms with van der Waals surface area (Å²) in [5.41, 5.74) is 0. The number of ketones is 1. The number of carbonyl (C=O) groups is 1. The standard InChI is InChI=1S/C17H24O2Se/c1-2-3-5-11-15(18)17(13-8-12-16(17)19)20-14-9-6-4-7-10-14/h4,6-7,9-10,15,18H,2-3,5,8,11-13H2,1H3/t15-,17+/m0/s1. The van der Waals surface area contributed by atoms with Crippen molar-refractivity contribution in [1.29, 1.82) is 0 Å². The zero-order valence-electron chi connectivity index (χ0n) is 12.2. The molecule has 0 aliphatic heterocycles. The summed E-state index contributed by atoms with van der Waals surface area (Å²) in [6.45, 7) is 2.16. The summed E-state index contributed by atoms with van der Waals surface area (Å²) in [7, 11) is 0. The molecule has 1 aliphatic rings. The van der Waals surface area contributed by atoms with Crippen LogP contribution in [0.15, 0.2) is 30.3 Å². The normalized spacial score (nSPS) is 24.0. The average molecular weight is 339 g/mol. The number of hydrogen-bond donors (Lipinski definition) is 1. The second kappa shape index (κ2) is 7.40. The summed E-state index contributed by atoms with van der Waals surface area (Å²) in [5.74, 6) is 0.297. The second-order valence-corrected chi connectivity index (χ2v) is 8.54. The van der Waals surface area contributed by atoms with Crippen LogP contribution in [-0.4, -0.2) is 32.0 Å². The number of rotatable bonds is 7. The minimum atomic E-state index is -0.456. The maximum absolute atomic E-state index is 12.4. The summed E-state index contributed by atoms with van der Waals surface area (Å²) < 4.78 is 0.770. The molecule has 3 heteroatoms. The van der Waals surface area contributed by atoms with Crippen molar-refractivity contribution in [1.82, 2.24) is 0 Å². The third-order valence-electron chi connectivity index (χ3n) is 4.09. The minimum absolute atomic E-state index is 0.0352. The molecule has 0 aromatic heterocycles. The van der Waals surface area contributed by atoms with Gasteiger partial charge in [-0.05, 0) is 0 Å². The van der Waals surface area contributed by atoms with Gasteiger partial charge < -0.3 is 0 Å². The van der Waals surface area contributed by atoms with E-state index < -0.39 is 10.4 Å². The van der Waals surface area contributed by atoms with Crippen molar-refractivity contribution in [3.63, 3.8) is 0 Å². The van der Waals surface area contributed by atoms with Crippen molar-refractivity contribution in [2.75, 3.05) is 0 Å². The van der Waals surface area contributed by atoms with Gasteiger partial charge in [-0.15, -0.1) is 0 Å². The Morgan fingerprint density at radius 3 is 2.65 bits per heavy atom. The van der Waals surface area contributed by atoms with Gasteiger partial charge in [0, 0.05) is 0 Å². The molecule has 0 saturated heterocycles. The Labute approximate surface area is 128 Å². The first-order chi connectivity index (χ1) is 9.69. The van der Waals surface area contributed by atoms with Crippen molar-refractivity contribution in [2.24, 2.45) is 0 Å². The third kappa shape index (κ3) is 3.52. The Balaban J connectivity index is 2.11. The second-order valence-electron chi connectivity index (χ2n) is 5.59. The quantitative estimate of drug-likeness (QED) is 0.613. The molecule has 0 amide bonds. The number of benzene rings is 1. The van der Waals surface area contributed by atoms with E-state index in [-0.39, 0.29) is 15.0 Å². The summed E-state index contributed by atoms with van der Waals surface area (Å²) in [4.78, 5) is 12.4. The van der Waals surface area contributed by atoms with Crippen molar-refractivity contribution in [3.05, 3.63) is 30.3 Å². The van der Waals surface area contributed by atoms with Gasteiger partial charge in [-0.1, -0.05) is 0 Å². The van der Waals surface area contributed by atoms with E-state index in [9.17, 15) is 9.90 Å². The van der Waals surface area contributed by atoms with Crippen LogP contribution in [0.25, 0.3) is 0 Å². The van der Waals surface area contributed by atoms with Crippen LogP contribution in [0.5, 0.6) is 0 Å². The van der Waals surface area contributed by atoms with Crippen molar-refractivity contribution in [2.45, 2.75) is 62.3 Å². The van der Waals surface area contributed by atoms with E-state index in [0.717, 1.165) is 38.5 Å². The monoisotopic (exact) mass is 340 g/mol. The molecule has 1 N–H and O–H groups in total. The van der Waals surface area contributed by atoms with Gasteiger partial charge in [0.2, 0.25) is 0 Å². The van der Waals surface area contributed by atoms with Crippen LogP contribution < -0.4 is 4.46 Å². The van der Waals surface area contributed by atoms with Crippen LogP contribution in [0, 0.1) is 0 Å². The molecule has 1 aromatic carbocycles. The van der Waals surface area contributed by atoms with Gasteiger partial charge in [0.1, 0.15) is 0 Å². The van der Waals surface area contributed by atoms with Crippen molar-refractivity contribution < 1.29 is 9.90 Å². The van der Waals surface area contributed by atoms with E-state index in [0.29, 0.717) is 12.2 Å². The molecule has 2 atom stereocenters. The Bertz CT molecular complexity index is 432. The number of carbonyl (C=O) groups excluding carboxylic acids is 1. The summed E-state index contributed by atoms with van der Waals surface area (Å²) in [6.07, 6.45) is 6.10. The topological polar surface area (TPSA) is 37.3 Å². The number of aliphatic hydroxyl groups is 1. The van der Waals surface area contributed by atoms with E-state index in [4.69, 9.17) is 0 Å². The molecule has 0 bridgehead atoms. The molecule has 2 rings (SSSR count). The van der Waals surface area contributed by atoms with E-state index in [1.54, 1.807) is 0 Å². The molecule has 20 heavy (non-hydrogen) atoms. The molecule has 1 fully saturated rings. The first kappa shape index (κ1) is 15.8. The van der Waals surface area contributed by atoms with Crippen LogP contribution in [0.1, 0.15) is 51.9 Å². The average Bonchev–Trinajstić information content (AvgIpc) is 2.82. The van der Waals surface area contributed by atoms with E-state index in [1.165, 1.54) is 4.46 Å². The van der Waals surface area contributed by atoms with Gasteiger partial charge in [-0.2, -0.15) is 0 Å². The van der Waals surface area contributed by atoms with Crippen LogP contribution in [0.4, 0.5) is 0 Å². The first-order valence-corrected chi connectivity index (χ1v) is 9.36. The molecular formula is C17H24O2Se. The third-order valence-corrected chi connectivity index (χ3v) is 7.39. The first-order valence-electron chi connectivity index (χ1n) is 7.64. The molecule has 0 unspecified atom stereocenters. The maximum atomic E-state index is 12.4. The van der Waals surface area contributed by atoms with Crippen molar-refractivity contribution in [3.8, 4) is 0 Å². The number of hydrogen-bond acceptors (Lipinski definition) is 2. The zero-order chi connectivity index (χ0) is 14.4. The van der Waals surface area contributed by atoms with Crippen LogP contribution in [0.2, 0.25) is 4.31 Å². The van der Waals surface area contributed by atoms with Crippen LogP contribution in [0.3, 0.4) is 0 Å². The number of Topliss-reactive ketones (excluding diaryl/α,β-unsaturated/α-hetero) is 1. The fraction of sp³-hybridized carbons (Fsp3) is 0.588. The summed E-state index contributed by atoms with van der Waals surface area (Å²) in [6, 6.07) is 10.2. The Hall–Kier alpha value is -0.631. The predicted octanol–water partition coefficient (Wildman–Crippen LogP) is 2.87. The molecule has 1 aliphatic carbocycles. The van der Waals surface area contributed by atoms with Crippen LogP contribution >= 0.6 is 0 Å². The molecule has 110 valence electrons. The Morgan fingerprint density at radius 2 is 2.05 bits per heavy atom. The van der Waals surface area contributed by atoms with Gasteiger partial charge in [0.15, 0.2) is 0 Å². The van der Waals surface area contributed by atoms with Crippen LogP contribution in [-0.2, 0) is 4.79 Å². The summed E-state index contributed by atoms with van der Waals surface area (Å²) in [5, 5.41) is 10.7. The van der Waals surface area contributed by atoms with Gasteiger partial charge in [-0.25, -0.2) is 0 Å². The molecule has 1 saturated carbocycles. The van der Waals surface area contributed by atoms with Gasteiger partial charge in [0.05, 0.1) is 0 Å². The summed E-state index contributed by atoms with van der Waals surface area (Å²) >= 11 is 0.0352. The van der Waals surface area contributed by atoms with Gasteiger partial charge in [0.25, 0.3) is 0 Å². The molecule has 0 spiro atoms. The zero-order valence-corrected chi connectivity index (χ0v) is 13.9. The Morgan fingerprint density at radius 1 is 1.30 bits per heavy atom.